The summed E-state index contributed by atoms with van der Waals surface area (Å²) in [6.07, 6.45) is 7.49. The lowest BCUT2D eigenvalue weighted by atomic mass is 10.1. The maximum Gasteiger partial charge on any atom is 0.270 e. The highest BCUT2D eigenvalue weighted by atomic mass is 32.2. The minimum Gasteiger partial charge on any atom is -0.342 e. The van der Waals surface area contributed by atoms with E-state index in [-0.39, 0.29) is 11.5 Å². The number of pyridine rings is 1. The van der Waals surface area contributed by atoms with Gasteiger partial charge in [0.1, 0.15) is 11.5 Å². The van der Waals surface area contributed by atoms with Gasteiger partial charge in [-0.2, -0.15) is 16.9 Å². The van der Waals surface area contributed by atoms with Crippen LogP contribution >= 0.6 is 11.8 Å². The van der Waals surface area contributed by atoms with Crippen LogP contribution in [0.5, 0.6) is 0 Å². The van der Waals surface area contributed by atoms with Crippen molar-refractivity contribution in [2.75, 3.05) is 12.0 Å². The Bertz CT molecular complexity index is 969. The van der Waals surface area contributed by atoms with Crippen molar-refractivity contribution in [2.24, 2.45) is 7.05 Å². The third-order valence-electron chi connectivity index (χ3n) is 4.02. The van der Waals surface area contributed by atoms with Crippen LogP contribution in [-0.4, -0.2) is 42.6 Å². The quantitative estimate of drug-likeness (QED) is 0.643. The Morgan fingerprint density at radius 2 is 2.22 bits per heavy atom. The fraction of sp³-hybridized carbons (Fsp3) is 0.278. The molecule has 0 aliphatic rings. The minimum absolute atomic E-state index is 0.258. The topological polar surface area (TPSA) is 106 Å². The Labute approximate surface area is 160 Å². The SMILES string of the molecule is CSCCC(NC(=O)c1ccnn1C)c1cc(=O)[nH]c(-c2cccnc2)n1. The van der Waals surface area contributed by atoms with E-state index >= 15 is 0 Å². The zero-order chi connectivity index (χ0) is 19.2. The van der Waals surface area contributed by atoms with Crippen molar-refractivity contribution in [1.82, 2.24) is 30.0 Å². The largest absolute Gasteiger partial charge is 0.342 e. The van der Waals surface area contributed by atoms with Gasteiger partial charge < -0.3 is 10.3 Å². The first-order chi connectivity index (χ1) is 13.1. The van der Waals surface area contributed by atoms with Crippen molar-refractivity contribution in [1.29, 1.82) is 0 Å². The average Bonchev–Trinajstić information content (AvgIpc) is 3.11. The van der Waals surface area contributed by atoms with Crippen LogP contribution in [0.4, 0.5) is 0 Å². The van der Waals surface area contributed by atoms with Crippen LogP contribution in [0.2, 0.25) is 0 Å². The number of carbonyl (C=O) groups is 1. The summed E-state index contributed by atoms with van der Waals surface area (Å²) in [5.74, 6) is 0.980. The van der Waals surface area contributed by atoms with Crippen molar-refractivity contribution in [3.63, 3.8) is 0 Å². The van der Waals surface area contributed by atoms with E-state index < -0.39 is 6.04 Å². The molecule has 0 saturated heterocycles. The Morgan fingerprint density at radius 1 is 1.37 bits per heavy atom. The standard InChI is InChI=1S/C18H20N6O2S/c1-24-15(5-8-20-24)18(26)22-13(6-9-27-2)14-10-16(25)23-17(21-14)12-4-3-7-19-11-12/h3-5,7-8,10-11,13H,6,9H2,1-2H3,(H,22,26)(H,21,23,25). The summed E-state index contributed by atoms with van der Waals surface area (Å²) in [6, 6.07) is 6.27. The number of amides is 1. The molecule has 0 fully saturated rings. The van der Waals surface area contributed by atoms with Crippen LogP contribution in [0.15, 0.2) is 47.7 Å². The first kappa shape index (κ1) is 18.8. The van der Waals surface area contributed by atoms with Crippen LogP contribution in [0.1, 0.15) is 28.6 Å². The molecule has 9 heteroatoms. The van der Waals surface area contributed by atoms with Crippen LogP contribution in [0.25, 0.3) is 11.4 Å². The monoisotopic (exact) mass is 384 g/mol. The lowest BCUT2D eigenvalue weighted by Crippen LogP contribution is -2.32. The maximum absolute atomic E-state index is 12.6. The molecule has 140 valence electrons. The molecule has 3 heterocycles. The number of aromatic nitrogens is 5. The number of nitrogens with zero attached hydrogens (tertiary/aromatic N) is 4. The van der Waals surface area contributed by atoms with E-state index in [1.165, 1.54) is 10.7 Å². The molecule has 3 aromatic heterocycles. The van der Waals surface area contributed by atoms with Crippen molar-refractivity contribution >= 4 is 17.7 Å². The molecule has 2 N–H and O–H groups in total. The molecule has 1 unspecified atom stereocenters. The van der Waals surface area contributed by atoms with Crippen molar-refractivity contribution < 1.29 is 4.79 Å². The van der Waals surface area contributed by atoms with Gasteiger partial charge in [-0.05, 0) is 36.6 Å². The van der Waals surface area contributed by atoms with E-state index in [9.17, 15) is 9.59 Å². The Kier molecular flexibility index (Phi) is 6.02. The summed E-state index contributed by atoms with van der Waals surface area (Å²) in [4.78, 5) is 36.2. The molecular weight excluding hydrogens is 364 g/mol. The molecule has 8 nitrogen and oxygen atoms in total. The molecular formula is C18H20N6O2S. The summed E-state index contributed by atoms with van der Waals surface area (Å²) in [6.45, 7) is 0. The number of aromatic amines is 1. The van der Waals surface area contributed by atoms with Gasteiger partial charge in [0, 0.05) is 37.3 Å². The smallest absolute Gasteiger partial charge is 0.270 e. The van der Waals surface area contributed by atoms with Gasteiger partial charge in [0.05, 0.1) is 11.7 Å². The van der Waals surface area contributed by atoms with E-state index in [0.717, 1.165) is 5.75 Å². The van der Waals surface area contributed by atoms with Gasteiger partial charge in [-0.1, -0.05) is 0 Å². The molecule has 0 aliphatic carbocycles. The number of hydrogen-bond acceptors (Lipinski definition) is 6. The number of hydrogen-bond donors (Lipinski definition) is 2. The highest BCUT2D eigenvalue weighted by Crippen LogP contribution is 2.19. The summed E-state index contributed by atoms with van der Waals surface area (Å²) < 4.78 is 1.51. The highest BCUT2D eigenvalue weighted by molar-refractivity contribution is 7.98. The molecule has 0 spiro atoms. The second-order valence-electron chi connectivity index (χ2n) is 5.91. The fourth-order valence-electron chi connectivity index (χ4n) is 2.65. The van der Waals surface area contributed by atoms with Crippen molar-refractivity contribution in [3.05, 3.63) is 64.6 Å². The first-order valence-corrected chi connectivity index (χ1v) is 9.77. The molecule has 0 saturated carbocycles. The van der Waals surface area contributed by atoms with Crippen LogP contribution in [-0.2, 0) is 7.05 Å². The van der Waals surface area contributed by atoms with Gasteiger partial charge in [0.2, 0.25) is 0 Å². The number of thioether (sulfide) groups is 1. The Morgan fingerprint density at radius 3 is 2.89 bits per heavy atom. The van der Waals surface area contributed by atoms with E-state index in [0.29, 0.717) is 29.2 Å². The average molecular weight is 384 g/mol. The molecule has 0 bridgehead atoms. The van der Waals surface area contributed by atoms with E-state index in [1.807, 2.05) is 12.3 Å². The highest BCUT2D eigenvalue weighted by Gasteiger charge is 2.20. The van der Waals surface area contributed by atoms with E-state index in [2.05, 4.69) is 25.4 Å². The first-order valence-electron chi connectivity index (χ1n) is 8.38. The second kappa shape index (κ2) is 8.63. The van der Waals surface area contributed by atoms with Crippen LogP contribution in [0.3, 0.4) is 0 Å². The Hall–Kier alpha value is -2.94. The third kappa shape index (κ3) is 4.62. The second-order valence-corrected chi connectivity index (χ2v) is 6.89. The summed E-state index contributed by atoms with van der Waals surface area (Å²) >= 11 is 1.66. The van der Waals surface area contributed by atoms with Gasteiger partial charge in [0.25, 0.3) is 11.5 Å². The van der Waals surface area contributed by atoms with Gasteiger partial charge in [-0.15, -0.1) is 0 Å². The summed E-state index contributed by atoms with van der Waals surface area (Å²) in [5, 5.41) is 7.00. The number of H-pyrrole nitrogens is 1. The molecule has 0 aliphatic heterocycles. The van der Waals surface area contributed by atoms with Gasteiger partial charge >= 0.3 is 0 Å². The zero-order valence-electron chi connectivity index (χ0n) is 15.0. The van der Waals surface area contributed by atoms with Gasteiger partial charge in [0.15, 0.2) is 0 Å². The van der Waals surface area contributed by atoms with E-state index in [4.69, 9.17) is 0 Å². The van der Waals surface area contributed by atoms with Crippen molar-refractivity contribution in [3.8, 4) is 11.4 Å². The Balaban J connectivity index is 1.93. The third-order valence-corrected chi connectivity index (χ3v) is 4.67. The molecule has 3 aromatic rings. The minimum atomic E-state index is -0.391. The molecule has 27 heavy (non-hydrogen) atoms. The molecule has 0 aromatic carbocycles. The molecule has 0 radical (unpaired) electrons. The molecule has 1 amide bonds. The zero-order valence-corrected chi connectivity index (χ0v) is 15.9. The summed E-state index contributed by atoms with van der Waals surface area (Å²) in [7, 11) is 1.71. The maximum atomic E-state index is 12.6. The normalized spacial score (nSPS) is 11.9. The predicted octanol–water partition coefficient (Wildman–Crippen LogP) is 1.79. The molecule has 3 rings (SSSR count). The van der Waals surface area contributed by atoms with Crippen LogP contribution < -0.4 is 10.9 Å². The van der Waals surface area contributed by atoms with Gasteiger partial charge in [-0.3, -0.25) is 19.3 Å². The van der Waals surface area contributed by atoms with Gasteiger partial charge in [-0.25, -0.2) is 4.98 Å². The fourth-order valence-corrected chi connectivity index (χ4v) is 3.12. The van der Waals surface area contributed by atoms with E-state index in [1.54, 1.807) is 49.5 Å². The lowest BCUT2D eigenvalue weighted by molar-refractivity contribution is 0.0925. The number of nitrogens with one attached hydrogen (secondary N) is 2. The predicted molar refractivity (Wildman–Crippen MR) is 105 cm³/mol. The molecule has 1 atom stereocenters. The van der Waals surface area contributed by atoms with Crippen molar-refractivity contribution in [2.45, 2.75) is 12.5 Å². The number of aryl methyl sites for hydroxylation is 1. The lowest BCUT2D eigenvalue weighted by Gasteiger charge is -2.18. The summed E-state index contributed by atoms with van der Waals surface area (Å²) in [5.41, 5.74) is 1.39. The number of carbonyl (C=O) groups excluding carboxylic acids is 1. The number of rotatable bonds is 7. The van der Waals surface area contributed by atoms with Crippen LogP contribution in [0, 0.1) is 0 Å².